The van der Waals surface area contributed by atoms with Crippen molar-refractivity contribution in [3.63, 3.8) is 0 Å². The normalized spacial score (nSPS) is 17.9. The molecule has 110 valence electrons. The van der Waals surface area contributed by atoms with Crippen molar-refractivity contribution < 1.29 is 13.9 Å². The van der Waals surface area contributed by atoms with E-state index in [9.17, 15) is 9.18 Å². The minimum absolute atomic E-state index is 0.0411. The van der Waals surface area contributed by atoms with Crippen LogP contribution < -0.4 is 0 Å². The fraction of sp³-hybridized carbons (Fsp3) is 0.562. The van der Waals surface area contributed by atoms with Crippen LogP contribution in [-0.4, -0.2) is 19.0 Å². The molecule has 0 aliphatic heterocycles. The van der Waals surface area contributed by atoms with Crippen molar-refractivity contribution >= 4 is 17.4 Å². The molecule has 2 rings (SSSR count). The van der Waals surface area contributed by atoms with Gasteiger partial charge in [-0.1, -0.05) is 36.9 Å². The summed E-state index contributed by atoms with van der Waals surface area (Å²) < 4.78 is 19.1. The van der Waals surface area contributed by atoms with Gasteiger partial charge in [-0.3, -0.25) is 4.79 Å². The van der Waals surface area contributed by atoms with Gasteiger partial charge in [0.1, 0.15) is 11.9 Å². The molecule has 1 unspecified atom stereocenters. The summed E-state index contributed by atoms with van der Waals surface area (Å²) in [5.74, 6) is -0.193. The molecule has 0 amide bonds. The number of methoxy groups -OCH3 is 1. The number of ketones is 1. The molecule has 1 fully saturated rings. The van der Waals surface area contributed by atoms with E-state index in [0.717, 1.165) is 25.7 Å². The van der Waals surface area contributed by atoms with Gasteiger partial charge < -0.3 is 4.74 Å². The number of carbonyl (C=O) groups excluding carboxylic acids is 1. The highest BCUT2D eigenvalue weighted by Crippen LogP contribution is 2.29. The van der Waals surface area contributed by atoms with Crippen LogP contribution in [0.15, 0.2) is 18.2 Å². The van der Waals surface area contributed by atoms with Crippen LogP contribution in [0.1, 0.15) is 37.7 Å². The lowest BCUT2D eigenvalue weighted by atomic mass is 9.82. The maximum atomic E-state index is 13.7. The summed E-state index contributed by atoms with van der Waals surface area (Å²) in [5.41, 5.74) is 0.386. The van der Waals surface area contributed by atoms with Crippen LogP contribution in [0.25, 0.3) is 0 Å². The van der Waals surface area contributed by atoms with Crippen molar-refractivity contribution in [2.45, 2.75) is 44.6 Å². The maximum absolute atomic E-state index is 13.7. The first-order chi connectivity index (χ1) is 9.61. The summed E-state index contributed by atoms with van der Waals surface area (Å²) in [5, 5.41) is 0.342. The van der Waals surface area contributed by atoms with Gasteiger partial charge >= 0.3 is 0 Å². The molecule has 0 heterocycles. The minimum atomic E-state index is -0.427. The molecule has 2 nitrogen and oxygen atoms in total. The SMILES string of the molecule is COC(C(=O)Cc1ccc(Cl)cc1F)C1CCCCC1. The van der Waals surface area contributed by atoms with Crippen LogP contribution in [0.5, 0.6) is 0 Å². The number of halogens is 2. The van der Waals surface area contributed by atoms with E-state index >= 15 is 0 Å². The van der Waals surface area contributed by atoms with Gasteiger partial charge in [0.05, 0.1) is 0 Å². The topological polar surface area (TPSA) is 26.3 Å². The summed E-state index contributed by atoms with van der Waals surface area (Å²) in [6, 6.07) is 4.42. The summed E-state index contributed by atoms with van der Waals surface area (Å²) >= 11 is 5.72. The number of ether oxygens (including phenoxy) is 1. The molecule has 1 aromatic carbocycles. The summed E-state index contributed by atoms with van der Waals surface area (Å²) in [7, 11) is 1.56. The molecular formula is C16H20ClFO2. The van der Waals surface area contributed by atoms with Gasteiger partial charge in [0.15, 0.2) is 5.78 Å². The van der Waals surface area contributed by atoms with Crippen LogP contribution in [0.4, 0.5) is 4.39 Å². The second-order valence-electron chi connectivity index (χ2n) is 5.43. The van der Waals surface area contributed by atoms with E-state index in [-0.39, 0.29) is 18.1 Å². The van der Waals surface area contributed by atoms with Crippen molar-refractivity contribution in [2.24, 2.45) is 5.92 Å². The summed E-state index contributed by atoms with van der Waals surface area (Å²) in [6.45, 7) is 0. The summed E-state index contributed by atoms with van der Waals surface area (Å²) in [4.78, 5) is 12.4. The number of hydrogen-bond acceptors (Lipinski definition) is 2. The zero-order chi connectivity index (χ0) is 14.5. The average Bonchev–Trinajstić information content (AvgIpc) is 2.44. The maximum Gasteiger partial charge on any atom is 0.166 e. The summed E-state index contributed by atoms with van der Waals surface area (Å²) in [6.07, 6.45) is 5.22. The molecule has 0 radical (unpaired) electrons. The second-order valence-corrected chi connectivity index (χ2v) is 5.87. The van der Waals surface area contributed by atoms with E-state index in [4.69, 9.17) is 16.3 Å². The fourth-order valence-corrected chi connectivity index (χ4v) is 3.14. The molecule has 1 saturated carbocycles. The van der Waals surface area contributed by atoms with Gasteiger partial charge in [0.2, 0.25) is 0 Å². The van der Waals surface area contributed by atoms with Crippen LogP contribution >= 0.6 is 11.6 Å². The molecule has 1 aliphatic rings. The number of Topliss-reactive ketones (excluding diaryl/α,β-unsaturated/α-hetero) is 1. The number of rotatable bonds is 5. The Balaban J connectivity index is 2.04. The largest absolute Gasteiger partial charge is 0.373 e. The van der Waals surface area contributed by atoms with E-state index in [1.165, 1.54) is 12.5 Å². The molecule has 1 aromatic rings. The number of hydrogen-bond donors (Lipinski definition) is 0. The van der Waals surface area contributed by atoms with Crippen molar-refractivity contribution in [1.29, 1.82) is 0 Å². The first-order valence-corrected chi connectivity index (χ1v) is 7.49. The molecule has 4 heteroatoms. The van der Waals surface area contributed by atoms with Crippen LogP contribution in [0.2, 0.25) is 5.02 Å². The Morgan fingerprint density at radius 2 is 2.10 bits per heavy atom. The van der Waals surface area contributed by atoms with E-state index in [0.29, 0.717) is 10.6 Å². The molecule has 0 spiro atoms. The van der Waals surface area contributed by atoms with E-state index in [1.807, 2.05) is 0 Å². The molecule has 0 saturated heterocycles. The van der Waals surface area contributed by atoms with Gasteiger partial charge in [0, 0.05) is 18.6 Å². The predicted molar refractivity (Wildman–Crippen MR) is 77.5 cm³/mol. The monoisotopic (exact) mass is 298 g/mol. The molecule has 1 atom stereocenters. The van der Waals surface area contributed by atoms with E-state index < -0.39 is 11.9 Å². The third kappa shape index (κ3) is 3.80. The van der Waals surface area contributed by atoms with Gasteiger partial charge in [-0.25, -0.2) is 4.39 Å². The Kier molecular flexibility index (Phi) is 5.55. The number of benzene rings is 1. The average molecular weight is 299 g/mol. The Morgan fingerprint density at radius 3 is 2.70 bits per heavy atom. The fourth-order valence-electron chi connectivity index (χ4n) is 2.98. The van der Waals surface area contributed by atoms with Crippen molar-refractivity contribution in [3.05, 3.63) is 34.6 Å². The first-order valence-electron chi connectivity index (χ1n) is 7.11. The molecule has 20 heavy (non-hydrogen) atoms. The van der Waals surface area contributed by atoms with Crippen LogP contribution in [0.3, 0.4) is 0 Å². The zero-order valence-corrected chi connectivity index (χ0v) is 12.5. The van der Waals surface area contributed by atoms with Gasteiger partial charge in [-0.15, -0.1) is 0 Å². The van der Waals surface area contributed by atoms with Crippen LogP contribution in [0, 0.1) is 11.7 Å². The standard InChI is InChI=1S/C16H20ClFO2/c1-20-16(11-5-3-2-4-6-11)15(19)9-12-7-8-13(17)10-14(12)18/h7-8,10-11,16H,2-6,9H2,1H3. The van der Waals surface area contributed by atoms with Gasteiger partial charge in [0.25, 0.3) is 0 Å². The van der Waals surface area contributed by atoms with Crippen LogP contribution in [-0.2, 0) is 16.0 Å². The molecule has 1 aliphatic carbocycles. The second kappa shape index (κ2) is 7.19. The Hall–Kier alpha value is -0.930. The highest BCUT2D eigenvalue weighted by Gasteiger charge is 2.29. The molecule has 0 bridgehead atoms. The highest BCUT2D eigenvalue weighted by atomic mass is 35.5. The predicted octanol–water partition coefficient (Wildman–Crippen LogP) is 4.19. The van der Waals surface area contributed by atoms with Gasteiger partial charge in [-0.2, -0.15) is 0 Å². The lowest BCUT2D eigenvalue weighted by molar-refractivity contribution is -0.132. The third-order valence-corrected chi connectivity index (χ3v) is 4.26. The first kappa shape index (κ1) is 15.5. The minimum Gasteiger partial charge on any atom is -0.373 e. The van der Waals surface area contributed by atoms with E-state index in [1.54, 1.807) is 19.2 Å². The lowest BCUT2D eigenvalue weighted by Gasteiger charge is -2.28. The number of carbonyl (C=O) groups is 1. The lowest BCUT2D eigenvalue weighted by Crippen LogP contribution is -2.34. The Labute approximate surface area is 124 Å². The Bertz CT molecular complexity index is 470. The Morgan fingerprint density at radius 1 is 1.40 bits per heavy atom. The third-order valence-electron chi connectivity index (χ3n) is 4.03. The van der Waals surface area contributed by atoms with E-state index in [2.05, 4.69) is 0 Å². The molecule has 0 aromatic heterocycles. The smallest absolute Gasteiger partial charge is 0.166 e. The quantitative estimate of drug-likeness (QED) is 0.815. The molecular weight excluding hydrogens is 279 g/mol. The highest BCUT2D eigenvalue weighted by molar-refractivity contribution is 6.30. The van der Waals surface area contributed by atoms with Crippen molar-refractivity contribution in [3.8, 4) is 0 Å². The van der Waals surface area contributed by atoms with Crippen molar-refractivity contribution in [1.82, 2.24) is 0 Å². The molecule has 0 N–H and O–H groups in total. The zero-order valence-electron chi connectivity index (χ0n) is 11.7. The van der Waals surface area contributed by atoms with Gasteiger partial charge in [-0.05, 0) is 36.5 Å². The van der Waals surface area contributed by atoms with Crippen molar-refractivity contribution in [2.75, 3.05) is 7.11 Å².